The Labute approximate surface area is 189 Å². The van der Waals surface area contributed by atoms with Gasteiger partial charge in [-0.2, -0.15) is 0 Å². The monoisotopic (exact) mass is 454 g/mol. The molecule has 2 heterocycles. The minimum Gasteiger partial charge on any atom is -0.457 e. The van der Waals surface area contributed by atoms with Crippen molar-refractivity contribution >= 4 is 45.8 Å². The highest BCUT2D eigenvalue weighted by atomic mass is 35.5. The smallest absolute Gasteiger partial charge is 0.251 e. The molecule has 4 rings (SSSR count). The predicted octanol–water partition coefficient (Wildman–Crippen LogP) is 5.85. The first kappa shape index (κ1) is 21.4. The quantitative estimate of drug-likeness (QED) is 0.474. The zero-order valence-corrected chi connectivity index (χ0v) is 18.9. The topological polar surface area (TPSA) is 85.3 Å². The van der Waals surface area contributed by atoms with E-state index in [-0.39, 0.29) is 5.91 Å². The molecule has 3 aromatic rings. The average molecular weight is 455 g/mol. The SMILES string of the molecule is Cc1ccc(-c2ccc(/C=C/C(=O)Nc3sc4c(c3C(N)=O)CC[C@@H](C)C4)o2)cc1Cl. The fraction of sp³-hybridized carbons (Fsp3) is 0.250. The van der Waals surface area contributed by atoms with Gasteiger partial charge in [-0.1, -0.05) is 30.7 Å². The van der Waals surface area contributed by atoms with Crippen LogP contribution in [-0.2, 0) is 17.6 Å². The summed E-state index contributed by atoms with van der Waals surface area (Å²) in [4.78, 5) is 25.6. The van der Waals surface area contributed by atoms with Crippen LogP contribution in [0.25, 0.3) is 17.4 Å². The van der Waals surface area contributed by atoms with E-state index in [0.717, 1.165) is 40.8 Å². The van der Waals surface area contributed by atoms with Gasteiger partial charge in [-0.05, 0) is 67.5 Å². The number of fused-ring (bicyclic) bond motifs is 1. The van der Waals surface area contributed by atoms with Crippen molar-refractivity contribution in [3.8, 4) is 11.3 Å². The molecule has 0 aliphatic heterocycles. The van der Waals surface area contributed by atoms with E-state index in [2.05, 4.69) is 12.2 Å². The summed E-state index contributed by atoms with van der Waals surface area (Å²) in [5.41, 5.74) is 8.91. The maximum Gasteiger partial charge on any atom is 0.251 e. The summed E-state index contributed by atoms with van der Waals surface area (Å²) >= 11 is 7.64. The molecule has 0 radical (unpaired) electrons. The van der Waals surface area contributed by atoms with Gasteiger partial charge in [0.2, 0.25) is 5.91 Å². The van der Waals surface area contributed by atoms with Gasteiger partial charge in [0.1, 0.15) is 16.5 Å². The predicted molar refractivity (Wildman–Crippen MR) is 126 cm³/mol. The maximum absolute atomic E-state index is 12.5. The van der Waals surface area contributed by atoms with Crippen molar-refractivity contribution in [3.05, 3.63) is 68.8 Å². The van der Waals surface area contributed by atoms with Crippen LogP contribution in [0.5, 0.6) is 0 Å². The van der Waals surface area contributed by atoms with Gasteiger partial charge in [0.05, 0.1) is 5.56 Å². The molecule has 1 aromatic carbocycles. The molecule has 0 fully saturated rings. The Morgan fingerprint density at radius 1 is 1.29 bits per heavy atom. The van der Waals surface area contributed by atoms with E-state index in [0.29, 0.717) is 33.0 Å². The number of furan rings is 1. The summed E-state index contributed by atoms with van der Waals surface area (Å²) in [7, 11) is 0. The van der Waals surface area contributed by atoms with Crippen LogP contribution < -0.4 is 11.1 Å². The normalized spacial score (nSPS) is 15.8. The van der Waals surface area contributed by atoms with Crippen molar-refractivity contribution in [2.75, 3.05) is 5.32 Å². The van der Waals surface area contributed by atoms with Crippen molar-refractivity contribution in [1.82, 2.24) is 0 Å². The van der Waals surface area contributed by atoms with Gasteiger partial charge in [-0.15, -0.1) is 11.3 Å². The second-order valence-corrected chi connectivity index (χ2v) is 9.42. The first-order valence-electron chi connectivity index (χ1n) is 10.1. The molecule has 31 heavy (non-hydrogen) atoms. The number of primary amides is 1. The van der Waals surface area contributed by atoms with Crippen LogP contribution in [-0.4, -0.2) is 11.8 Å². The number of hydrogen-bond donors (Lipinski definition) is 2. The maximum atomic E-state index is 12.5. The van der Waals surface area contributed by atoms with Gasteiger partial charge in [0.25, 0.3) is 5.91 Å². The van der Waals surface area contributed by atoms with Gasteiger partial charge >= 0.3 is 0 Å². The Kier molecular flexibility index (Phi) is 6.03. The molecule has 1 atom stereocenters. The van der Waals surface area contributed by atoms with E-state index >= 15 is 0 Å². The summed E-state index contributed by atoms with van der Waals surface area (Å²) in [5, 5.41) is 4.01. The Morgan fingerprint density at radius 2 is 2.10 bits per heavy atom. The van der Waals surface area contributed by atoms with Crippen LogP contribution in [0, 0.1) is 12.8 Å². The number of halogens is 1. The second kappa shape index (κ2) is 8.73. The first-order chi connectivity index (χ1) is 14.8. The summed E-state index contributed by atoms with van der Waals surface area (Å²) in [6.45, 7) is 4.13. The van der Waals surface area contributed by atoms with E-state index < -0.39 is 5.91 Å². The van der Waals surface area contributed by atoms with E-state index in [1.165, 1.54) is 17.4 Å². The number of carbonyl (C=O) groups excluding carboxylic acids is 2. The largest absolute Gasteiger partial charge is 0.457 e. The van der Waals surface area contributed by atoms with Crippen LogP contribution in [0.15, 0.2) is 40.8 Å². The second-order valence-electron chi connectivity index (χ2n) is 7.91. The molecule has 1 aliphatic rings. The number of anilines is 1. The molecule has 2 amide bonds. The Bertz CT molecular complexity index is 1190. The fourth-order valence-corrected chi connectivity index (χ4v) is 5.35. The minimum atomic E-state index is -0.501. The van der Waals surface area contributed by atoms with Crippen molar-refractivity contribution in [2.45, 2.75) is 33.1 Å². The number of carbonyl (C=O) groups is 2. The van der Waals surface area contributed by atoms with Crippen molar-refractivity contribution < 1.29 is 14.0 Å². The van der Waals surface area contributed by atoms with Crippen molar-refractivity contribution in [2.24, 2.45) is 11.7 Å². The van der Waals surface area contributed by atoms with Crippen LogP contribution in [0.2, 0.25) is 5.02 Å². The highest BCUT2D eigenvalue weighted by Crippen LogP contribution is 2.39. The number of amides is 2. The molecule has 7 heteroatoms. The van der Waals surface area contributed by atoms with E-state index in [1.54, 1.807) is 12.1 Å². The number of nitrogens with one attached hydrogen (secondary N) is 1. The van der Waals surface area contributed by atoms with E-state index in [9.17, 15) is 9.59 Å². The Balaban J connectivity index is 1.49. The molecule has 1 aliphatic carbocycles. The third kappa shape index (κ3) is 4.60. The number of aryl methyl sites for hydroxylation is 1. The van der Waals surface area contributed by atoms with Crippen LogP contribution in [0.3, 0.4) is 0 Å². The van der Waals surface area contributed by atoms with Crippen LogP contribution >= 0.6 is 22.9 Å². The number of benzene rings is 1. The van der Waals surface area contributed by atoms with Gasteiger partial charge in [-0.25, -0.2) is 0 Å². The highest BCUT2D eigenvalue weighted by molar-refractivity contribution is 7.17. The van der Waals surface area contributed by atoms with E-state index in [4.69, 9.17) is 21.8 Å². The lowest BCUT2D eigenvalue weighted by molar-refractivity contribution is -0.111. The number of rotatable bonds is 5. The molecule has 3 N–H and O–H groups in total. The minimum absolute atomic E-state index is 0.342. The number of thiophene rings is 1. The van der Waals surface area contributed by atoms with Gasteiger partial charge in [0, 0.05) is 21.5 Å². The molecule has 0 saturated heterocycles. The van der Waals surface area contributed by atoms with Gasteiger partial charge < -0.3 is 15.5 Å². The molecule has 5 nitrogen and oxygen atoms in total. The highest BCUT2D eigenvalue weighted by Gasteiger charge is 2.26. The number of nitrogens with two attached hydrogens (primary N) is 1. The van der Waals surface area contributed by atoms with Crippen LogP contribution in [0.1, 0.15) is 45.5 Å². The lowest BCUT2D eigenvalue weighted by Crippen LogP contribution is -2.18. The molecule has 0 bridgehead atoms. The standard InChI is InChI=1S/C24H23ClN2O3S/c1-13-3-8-17-20(11-13)31-24(22(17)23(26)29)27-21(28)10-7-16-6-9-19(30-16)15-5-4-14(2)18(25)12-15/h4-7,9-10,12-13H,3,8,11H2,1-2H3,(H2,26,29)(H,27,28)/b10-7+/t13-/m1/s1. The Hall–Kier alpha value is -2.83. The molecule has 0 spiro atoms. The summed E-state index contributed by atoms with van der Waals surface area (Å²) in [5.74, 6) is 0.922. The molecular formula is C24H23ClN2O3S. The lowest BCUT2D eigenvalue weighted by atomic mass is 9.88. The van der Waals surface area contributed by atoms with Crippen LogP contribution in [0.4, 0.5) is 5.00 Å². The third-order valence-electron chi connectivity index (χ3n) is 5.48. The summed E-state index contributed by atoms with van der Waals surface area (Å²) in [6, 6.07) is 9.33. The summed E-state index contributed by atoms with van der Waals surface area (Å²) < 4.78 is 5.81. The fourth-order valence-electron chi connectivity index (χ4n) is 3.75. The van der Waals surface area contributed by atoms with Crippen molar-refractivity contribution in [1.29, 1.82) is 0 Å². The Morgan fingerprint density at radius 3 is 2.84 bits per heavy atom. The van der Waals surface area contributed by atoms with Gasteiger partial charge in [-0.3, -0.25) is 9.59 Å². The van der Waals surface area contributed by atoms with Crippen molar-refractivity contribution in [3.63, 3.8) is 0 Å². The summed E-state index contributed by atoms with van der Waals surface area (Å²) in [6.07, 6.45) is 5.72. The lowest BCUT2D eigenvalue weighted by Gasteiger charge is -2.18. The molecular weight excluding hydrogens is 432 g/mol. The molecule has 0 unspecified atom stereocenters. The van der Waals surface area contributed by atoms with Gasteiger partial charge in [0.15, 0.2) is 0 Å². The zero-order chi connectivity index (χ0) is 22.1. The average Bonchev–Trinajstić information content (AvgIpc) is 3.32. The molecule has 2 aromatic heterocycles. The molecule has 0 saturated carbocycles. The first-order valence-corrected chi connectivity index (χ1v) is 11.3. The molecule has 160 valence electrons. The van der Waals surface area contributed by atoms with E-state index in [1.807, 2.05) is 31.2 Å². The zero-order valence-electron chi connectivity index (χ0n) is 17.3. The third-order valence-corrected chi connectivity index (χ3v) is 7.05. The number of hydrogen-bond acceptors (Lipinski definition) is 4.